The minimum absolute atomic E-state index is 0.282. The Kier molecular flexibility index (Phi) is 6.89. The number of esters is 1. The van der Waals surface area contributed by atoms with Gasteiger partial charge in [-0.05, 0) is 42.6 Å². The van der Waals surface area contributed by atoms with Crippen LogP contribution in [0.25, 0.3) is 33.3 Å². The summed E-state index contributed by atoms with van der Waals surface area (Å²) >= 11 is 6.20. The van der Waals surface area contributed by atoms with Crippen molar-refractivity contribution in [3.8, 4) is 23.0 Å². The van der Waals surface area contributed by atoms with Gasteiger partial charge < -0.3 is 23.9 Å². The molecule has 0 aliphatic heterocycles. The summed E-state index contributed by atoms with van der Waals surface area (Å²) in [5, 5.41) is 4.39. The lowest BCUT2D eigenvalue weighted by Gasteiger charge is -2.17. The molecule has 192 valence electrons. The highest BCUT2D eigenvalue weighted by molar-refractivity contribution is 6.32. The van der Waals surface area contributed by atoms with Crippen molar-refractivity contribution < 1.29 is 28.2 Å². The summed E-state index contributed by atoms with van der Waals surface area (Å²) in [6, 6.07) is 21.4. The maximum Gasteiger partial charge on any atom is 0.339 e. The number of nitrogens with zero attached hydrogens (tertiary/aromatic N) is 1. The van der Waals surface area contributed by atoms with Crippen molar-refractivity contribution >= 4 is 51.0 Å². The fourth-order valence-electron chi connectivity index (χ4n) is 4.15. The van der Waals surface area contributed by atoms with Gasteiger partial charge in [0.1, 0.15) is 17.0 Å². The summed E-state index contributed by atoms with van der Waals surface area (Å²) in [5.74, 6) is -0.105. The van der Waals surface area contributed by atoms with Crippen LogP contribution in [0.1, 0.15) is 17.3 Å². The highest BCUT2D eigenvalue weighted by Crippen LogP contribution is 2.36. The summed E-state index contributed by atoms with van der Waals surface area (Å²) in [6.45, 7) is 1.48. The molecular weight excluding hydrogens is 508 g/mol. The van der Waals surface area contributed by atoms with Gasteiger partial charge in [0, 0.05) is 17.0 Å². The number of oxazole rings is 1. The van der Waals surface area contributed by atoms with E-state index in [0.29, 0.717) is 45.1 Å². The van der Waals surface area contributed by atoms with E-state index in [9.17, 15) is 9.59 Å². The van der Waals surface area contributed by atoms with Gasteiger partial charge in [0.15, 0.2) is 11.7 Å². The molecule has 0 bridgehead atoms. The average molecular weight is 531 g/mol. The molecule has 4 aromatic carbocycles. The Morgan fingerprint density at radius 1 is 0.947 bits per heavy atom. The van der Waals surface area contributed by atoms with Gasteiger partial charge >= 0.3 is 5.97 Å². The summed E-state index contributed by atoms with van der Waals surface area (Å²) < 4.78 is 22.1. The first-order valence-electron chi connectivity index (χ1n) is 11.7. The SMILES string of the molecule is COc1cc(OC)c(NC(=O)C(C)OC(=O)c2cccc3cccc(-c4nc5ccccc5o4)c23)cc1Cl. The minimum atomic E-state index is -1.13. The monoisotopic (exact) mass is 530 g/mol. The predicted molar refractivity (Wildman–Crippen MR) is 145 cm³/mol. The third-order valence-electron chi connectivity index (χ3n) is 6.03. The molecule has 9 heteroatoms. The number of fused-ring (bicyclic) bond motifs is 2. The summed E-state index contributed by atoms with van der Waals surface area (Å²) in [6.07, 6.45) is -1.13. The molecule has 0 saturated heterocycles. The smallest absolute Gasteiger partial charge is 0.339 e. The zero-order valence-electron chi connectivity index (χ0n) is 20.8. The van der Waals surface area contributed by atoms with Crippen molar-refractivity contribution in [1.82, 2.24) is 4.98 Å². The zero-order valence-corrected chi connectivity index (χ0v) is 21.5. The Morgan fingerprint density at radius 2 is 1.68 bits per heavy atom. The molecule has 0 radical (unpaired) electrons. The van der Waals surface area contributed by atoms with E-state index in [1.807, 2.05) is 48.5 Å². The first-order chi connectivity index (χ1) is 18.4. The number of hydrogen-bond donors (Lipinski definition) is 1. The average Bonchev–Trinajstić information content (AvgIpc) is 3.36. The standard InChI is InChI=1S/C29H23ClN2O6/c1-16(27(33)31-22-14-20(30)24(35-2)15-25(22)36-3)37-29(34)19-11-7-9-17-8-6-10-18(26(17)19)28-32-21-12-4-5-13-23(21)38-28/h4-16H,1-3H3,(H,31,33). The van der Waals surface area contributed by atoms with Crippen molar-refractivity contribution in [2.75, 3.05) is 19.5 Å². The Morgan fingerprint density at radius 3 is 2.42 bits per heavy atom. The molecule has 8 nitrogen and oxygen atoms in total. The molecule has 5 aromatic rings. The molecule has 5 rings (SSSR count). The molecule has 0 aliphatic carbocycles. The van der Waals surface area contributed by atoms with Crippen LogP contribution in [-0.4, -0.2) is 37.2 Å². The number of ether oxygens (including phenoxy) is 3. The minimum Gasteiger partial charge on any atom is -0.495 e. The molecule has 1 unspecified atom stereocenters. The number of methoxy groups -OCH3 is 2. The van der Waals surface area contributed by atoms with Crippen LogP contribution >= 0.6 is 11.6 Å². The number of aromatic nitrogens is 1. The molecule has 1 N–H and O–H groups in total. The molecule has 0 saturated carbocycles. The van der Waals surface area contributed by atoms with Gasteiger partial charge in [-0.25, -0.2) is 9.78 Å². The number of amides is 1. The second kappa shape index (κ2) is 10.4. The Bertz CT molecular complexity index is 1640. The van der Waals surface area contributed by atoms with Crippen molar-refractivity contribution in [1.29, 1.82) is 0 Å². The number of benzene rings is 4. The lowest BCUT2D eigenvalue weighted by atomic mass is 9.99. The molecule has 0 aliphatic rings. The van der Waals surface area contributed by atoms with Gasteiger partial charge in [-0.1, -0.05) is 48.0 Å². The fraction of sp³-hybridized carbons (Fsp3) is 0.138. The Hall–Kier alpha value is -4.56. The number of hydrogen-bond acceptors (Lipinski definition) is 7. The van der Waals surface area contributed by atoms with E-state index in [1.54, 1.807) is 18.2 Å². The van der Waals surface area contributed by atoms with Crippen LogP contribution in [0.5, 0.6) is 11.5 Å². The second-order valence-electron chi connectivity index (χ2n) is 8.42. The number of rotatable bonds is 7. The lowest BCUT2D eigenvalue weighted by Crippen LogP contribution is -2.30. The molecule has 38 heavy (non-hydrogen) atoms. The quantitative estimate of drug-likeness (QED) is 0.240. The van der Waals surface area contributed by atoms with Gasteiger partial charge in [-0.3, -0.25) is 4.79 Å². The Balaban J connectivity index is 1.43. The maximum atomic E-state index is 13.3. The van der Waals surface area contributed by atoms with Crippen molar-refractivity contribution in [2.45, 2.75) is 13.0 Å². The largest absolute Gasteiger partial charge is 0.495 e. The van der Waals surface area contributed by atoms with Crippen LogP contribution in [0.4, 0.5) is 5.69 Å². The van der Waals surface area contributed by atoms with E-state index in [0.717, 1.165) is 5.39 Å². The number of halogens is 1. The second-order valence-corrected chi connectivity index (χ2v) is 8.83. The van der Waals surface area contributed by atoms with E-state index in [-0.39, 0.29) is 10.6 Å². The van der Waals surface area contributed by atoms with Crippen molar-refractivity contribution in [3.05, 3.63) is 83.4 Å². The van der Waals surface area contributed by atoms with Crippen LogP contribution in [0, 0.1) is 0 Å². The Labute approximate surface area is 223 Å². The van der Waals surface area contributed by atoms with Crippen molar-refractivity contribution in [2.24, 2.45) is 0 Å². The maximum absolute atomic E-state index is 13.3. The number of carbonyl (C=O) groups excluding carboxylic acids is 2. The predicted octanol–water partition coefficient (Wildman–Crippen LogP) is 6.50. The topological polar surface area (TPSA) is 99.9 Å². The summed E-state index contributed by atoms with van der Waals surface area (Å²) in [5.41, 5.74) is 2.58. The third-order valence-corrected chi connectivity index (χ3v) is 6.33. The van der Waals surface area contributed by atoms with Gasteiger partial charge in [0.25, 0.3) is 5.91 Å². The highest BCUT2D eigenvalue weighted by Gasteiger charge is 2.24. The molecule has 0 spiro atoms. The van der Waals surface area contributed by atoms with E-state index in [4.69, 9.17) is 30.2 Å². The number of carbonyl (C=O) groups is 2. The van der Waals surface area contributed by atoms with Crippen LogP contribution in [0.2, 0.25) is 5.02 Å². The normalized spacial score (nSPS) is 11.8. The zero-order chi connectivity index (χ0) is 26.8. The first kappa shape index (κ1) is 25.1. The van der Waals surface area contributed by atoms with Crippen molar-refractivity contribution in [3.63, 3.8) is 0 Å². The summed E-state index contributed by atoms with van der Waals surface area (Å²) in [4.78, 5) is 30.8. The van der Waals surface area contributed by atoms with E-state index >= 15 is 0 Å². The molecule has 1 amide bonds. The fourth-order valence-corrected chi connectivity index (χ4v) is 4.39. The van der Waals surface area contributed by atoms with Crippen LogP contribution in [-0.2, 0) is 9.53 Å². The van der Waals surface area contributed by atoms with E-state index in [1.165, 1.54) is 27.2 Å². The van der Waals surface area contributed by atoms with E-state index < -0.39 is 18.0 Å². The van der Waals surface area contributed by atoms with Crippen LogP contribution in [0.15, 0.2) is 77.2 Å². The number of anilines is 1. The van der Waals surface area contributed by atoms with Gasteiger partial charge in [-0.2, -0.15) is 0 Å². The lowest BCUT2D eigenvalue weighted by molar-refractivity contribution is -0.123. The third kappa shape index (κ3) is 4.73. The van der Waals surface area contributed by atoms with Crippen LogP contribution < -0.4 is 14.8 Å². The van der Waals surface area contributed by atoms with Gasteiger partial charge in [0.2, 0.25) is 5.89 Å². The molecular formula is C29H23ClN2O6. The molecule has 0 fully saturated rings. The molecule has 1 heterocycles. The van der Waals surface area contributed by atoms with Gasteiger partial charge in [-0.15, -0.1) is 0 Å². The number of para-hydroxylation sites is 2. The highest BCUT2D eigenvalue weighted by atomic mass is 35.5. The van der Waals surface area contributed by atoms with Gasteiger partial charge in [0.05, 0.1) is 30.5 Å². The van der Waals surface area contributed by atoms with Crippen LogP contribution in [0.3, 0.4) is 0 Å². The van der Waals surface area contributed by atoms with E-state index in [2.05, 4.69) is 10.3 Å². The molecule has 1 aromatic heterocycles. The summed E-state index contributed by atoms with van der Waals surface area (Å²) in [7, 11) is 2.93. The first-order valence-corrected chi connectivity index (χ1v) is 12.1. The molecule has 1 atom stereocenters. The number of nitrogens with one attached hydrogen (secondary N) is 1.